The molecule has 1 fully saturated rings. The molecule has 0 N–H and O–H groups in total. The second kappa shape index (κ2) is 8.94. The Kier molecular flexibility index (Phi) is 5.66. The van der Waals surface area contributed by atoms with E-state index in [9.17, 15) is 19.7 Å². The van der Waals surface area contributed by atoms with E-state index in [1.165, 1.54) is 16.7 Å². The summed E-state index contributed by atoms with van der Waals surface area (Å²) in [4.78, 5) is 38.8. The summed E-state index contributed by atoms with van der Waals surface area (Å²) in [5.74, 6) is 1.04. The third kappa shape index (κ3) is 3.97. The maximum Gasteiger partial charge on any atom is 0.334 e. The maximum atomic E-state index is 13.7. The highest BCUT2D eigenvalue weighted by molar-refractivity contribution is 5.88. The fraction of sp³-hybridized carbons (Fsp3) is 0.154. The number of amides is 1. The quantitative estimate of drug-likeness (QED) is 0.235. The van der Waals surface area contributed by atoms with Crippen LogP contribution < -0.4 is 10.4 Å². The van der Waals surface area contributed by atoms with Crippen molar-refractivity contribution in [1.82, 2.24) is 14.0 Å². The number of benzene rings is 3. The maximum absolute atomic E-state index is 13.7. The van der Waals surface area contributed by atoms with Crippen LogP contribution in [0.2, 0.25) is 0 Å². The molecule has 3 aromatic carbocycles. The molecule has 4 aromatic rings. The van der Waals surface area contributed by atoms with E-state index in [1.54, 1.807) is 45.9 Å². The highest BCUT2D eigenvalue weighted by Crippen LogP contribution is 2.32. The molecule has 9 heteroatoms. The van der Waals surface area contributed by atoms with Gasteiger partial charge in [-0.3, -0.25) is 24.0 Å². The van der Waals surface area contributed by atoms with Crippen LogP contribution in [0, 0.1) is 10.1 Å². The average molecular weight is 470 g/mol. The number of carbonyl (C=O) groups is 1. The zero-order valence-electron chi connectivity index (χ0n) is 18.7. The van der Waals surface area contributed by atoms with E-state index in [2.05, 4.69) is 6.58 Å². The summed E-state index contributed by atoms with van der Waals surface area (Å²) in [7, 11) is 0. The Hall–Kier alpha value is -4.66. The summed E-state index contributed by atoms with van der Waals surface area (Å²) in [5.41, 5.74) is 0.578. The summed E-state index contributed by atoms with van der Waals surface area (Å²) in [6.07, 6.45) is 1.81. The van der Waals surface area contributed by atoms with Gasteiger partial charge >= 0.3 is 5.69 Å². The SMILES string of the molecule is C=CC(=O)N1CC[C@@H](n2c(=O)n(-c3ccc(Oc4ccccc4)cc3)c3c([N+](=O)[O-])cccc32)C1. The molecule has 0 unspecified atom stereocenters. The largest absolute Gasteiger partial charge is 0.457 e. The zero-order valence-corrected chi connectivity index (χ0v) is 18.7. The fourth-order valence-corrected chi connectivity index (χ4v) is 4.56. The Labute approximate surface area is 200 Å². The first-order chi connectivity index (χ1) is 17.0. The molecule has 1 saturated heterocycles. The Morgan fingerprint density at radius 3 is 2.43 bits per heavy atom. The molecule has 1 amide bonds. The summed E-state index contributed by atoms with van der Waals surface area (Å²) in [6.45, 7) is 4.34. The highest BCUT2D eigenvalue weighted by Gasteiger charge is 2.32. The van der Waals surface area contributed by atoms with Gasteiger partial charge in [0.15, 0.2) is 5.52 Å². The molecule has 0 saturated carbocycles. The van der Waals surface area contributed by atoms with Gasteiger partial charge in [-0.05, 0) is 55.0 Å². The third-order valence-corrected chi connectivity index (χ3v) is 6.16. The van der Waals surface area contributed by atoms with Gasteiger partial charge in [-0.2, -0.15) is 0 Å². The summed E-state index contributed by atoms with van der Waals surface area (Å²) in [6, 6.07) is 20.5. The van der Waals surface area contributed by atoms with Gasteiger partial charge in [-0.1, -0.05) is 30.8 Å². The predicted octanol–water partition coefficient (Wildman–Crippen LogP) is 4.45. The van der Waals surface area contributed by atoms with Crippen molar-refractivity contribution in [2.24, 2.45) is 0 Å². The Balaban J connectivity index is 1.61. The summed E-state index contributed by atoms with van der Waals surface area (Å²) >= 11 is 0. The number of hydrogen-bond acceptors (Lipinski definition) is 5. The first kappa shape index (κ1) is 22.1. The number of para-hydroxylation sites is 2. The normalized spacial score (nSPS) is 15.3. The van der Waals surface area contributed by atoms with Crippen molar-refractivity contribution in [1.29, 1.82) is 0 Å². The van der Waals surface area contributed by atoms with Gasteiger partial charge < -0.3 is 9.64 Å². The second-order valence-electron chi connectivity index (χ2n) is 8.23. The minimum Gasteiger partial charge on any atom is -0.457 e. The molecule has 2 heterocycles. The van der Waals surface area contributed by atoms with E-state index >= 15 is 0 Å². The minimum atomic E-state index is -0.488. The number of nitrogens with zero attached hydrogens (tertiary/aromatic N) is 4. The molecule has 0 spiro atoms. The molecule has 35 heavy (non-hydrogen) atoms. The van der Waals surface area contributed by atoms with Crippen LogP contribution in [0.1, 0.15) is 12.5 Å². The van der Waals surface area contributed by atoms with Gasteiger partial charge in [0.25, 0.3) is 5.69 Å². The number of ether oxygens (including phenoxy) is 1. The molecule has 1 aromatic heterocycles. The van der Waals surface area contributed by atoms with E-state index in [-0.39, 0.29) is 23.2 Å². The molecular formula is C26H22N4O5. The van der Waals surface area contributed by atoms with Gasteiger partial charge in [0, 0.05) is 19.2 Å². The van der Waals surface area contributed by atoms with Crippen molar-refractivity contribution in [2.45, 2.75) is 12.5 Å². The van der Waals surface area contributed by atoms with Crippen molar-refractivity contribution in [2.75, 3.05) is 13.1 Å². The average Bonchev–Trinajstić information content (AvgIpc) is 3.46. The van der Waals surface area contributed by atoms with Gasteiger partial charge in [-0.15, -0.1) is 0 Å². The number of carbonyl (C=O) groups excluding carboxylic acids is 1. The van der Waals surface area contributed by atoms with Crippen LogP contribution in [0.3, 0.4) is 0 Å². The number of fused-ring (bicyclic) bond motifs is 1. The van der Waals surface area contributed by atoms with E-state index in [0.717, 1.165) is 0 Å². The van der Waals surface area contributed by atoms with E-state index in [1.807, 2.05) is 30.3 Å². The van der Waals surface area contributed by atoms with Crippen LogP contribution in [0.5, 0.6) is 11.5 Å². The molecule has 0 aliphatic carbocycles. The van der Waals surface area contributed by atoms with Crippen LogP contribution in [0.25, 0.3) is 16.7 Å². The first-order valence-corrected chi connectivity index (χ1v) is 11.1. The van der Waals surface area contributed by atoms with Crippen LogP contribution in [0.15, 0.2) is 90.2 Å². The lowest BCUT2D eigenvalue weighted by Crippen LogP contribution is -2.31. The topological polar surface area (TPSA) is 99.6 Å². The molecule has 1 atom stereocenters. The van der Waals surface area contributed by atoms with Crippen LogP contribution >= 0.6 is 0 Å². The van der Waals surface area contributed by atoms with Gasteiger partial charge in [-0.25, -0.2) is 4.79 Å². The Morgan fingerprint density at radius 2 is 1.74 bits per heavy atom. The van der Waals surface area contributed by atoms with E-state index in [4.69, 9.17) is 4.74 Å². The summed E-state index contributed by atoms with van der Waals surface area (Å²) in [5, 5.41) is 11.9. The molecule has 0 radical (unpaired) electrons. The Morgan fingerprint density at radius 1 is 1.03 bits per heavy atom. The number of aromatic nitrogens is 2. The van der Waals surface area contributed by atoms with Crippen LogP contribution in [-0.2, 0) is 4.79 Å². The predicted molar refractivity (Wildman–Crippen MR) is 131 cm³/mol. The minimum absolute atomic E-state index is 0.167. The van der Waals surface area contributed by atoms with Crippen molar-refractivity contribution >= 4 is 22.6 Å². The molecule has 5 rings (SSSR count). The van der Waals surface area contributed by atoms with Crippen LogP contribution in [0.4, 0.5) is 5.69 Å². The number of hydrogen-bond donors (Lipinski definition) is 0. The van der Waals surface area contributed by atoms with E-state index < -0.39 is 10.6 Å². The standard InChI is InChI=1S/C26H22N4O5/c1-2-24(31)27-16-15-19(17-27)28-22-9-6-10-23(30(33)34)25(22)29(26(28)32)18-11-13-21(14-12-18)35-20-7-4-3-5-8-20/h2-14,19H,1,15-17H2/t19-/m1/s1. The van der Waals surface area contributed by atoms with Crippen molar-refractivity contribution < 1.29 is 14.5 Å². The molecule has 1 aliphatic heterocycles. The summed E-state index contributed by atoms with van der Waals surface area (Å²) < 4.78 is 8.76. The lowest BCUT2D eigenvalue weighted by molar-refractivity contribution is -0.383. The van der Waals surface area contributed by atoms with Gasteiger partial charge in [0.2, 0.25) is 5.91 Å². The zero-order chi connectivity index (χ0) is 24.5. The van der Waals surface area contributed by atoms with Crippen molar-refractivity contribution in [3.8, 4) is 17.2 Å². The number of rotatable bonds is 6. The number of likely N-dealkylation sites (tertiary alicyclic amines) is 1. The van der Waals surface area contributed by atoms with E-state index in [0.29, 0.717) is 42.2 Å². The molecule has 1 aliphatic rings. The first-order valence-electron chi connectivity index (χ1n) is 11.1. The fourth-order valence-electron chi connectivity index (χ4n) is 4.56. The number of non-ortho nitro benzene ring substituents is 1. The monoisotopic (exact) mass is 470 g/mol. The second-order valence-corrected chi connectivity index (χ2v) is 8.23. The van der Waals surface area contributed by atoms with Gasteiger partial charge in [0.05, 0.1) is 22.2 Å². The third-order valence-electron chi connectivity index (χ3n) is 6.16. The number of imidazole rings is 1. The number of nitro benzene ring substituents is 1. The van der Waals surface area contributed by atoms with Crippen molar-refractivity contribution in [3.63, 3.8) is 0 Å². The number of nitro groups is 1. The van der Waals surface area contributed by atoms with Crippen LogP contribution in [-0.4, -0.2) is 38.0 Å². The lowest BCUT2D eigenvalue weighted by atomic mass is 10.2. The Bertz CT molecular complexity index is 1490. The molecule has 0 bridgehead atoms. The highest BCUT2D eigenvalue weighted by atomic mass is 16.6. The smallest absolute Gasteiger partial charge is 0.334 e. The molecule has 9 nitrogen and oxygen atoms in total. The van der Waals surface area contributed by atoms with Crippen molar-refractivity contribution in [3.05, 3.63) is 106 Å². The lowest BCUT2D eigenvalue weighted by Gasteiger charge is -2.15. The molecular weight excluding hydrogens is 448 g/mol. The van der Waals surface area contributed by atoms with Gasteiger partial charge in [0.1, 0.15) is 11.5 Å². The molecule has 176 valence electrons.